The highest BCUT2D eigenvalue weighted by Crippen LogP contribution is 2.35. The van der Waals surface area contributed by atoms with Crippen molar-refractivity contribution in [1.82, 2.24) is 25.1 Å². The molecule has 1 unspecified atom stereocenters. The summed E-state index contributed by atoms with van der Waals surface area (Å²) in [5.74, 6) is -0.0222. The summed E-state index contributed by atoms with van der Waals surface area (Å²) in [6.45, 7) is 1.38. The van der Waals surface area contributed by atoms with Gasteiger partial charge in [0, 0.05) is 37.2 Å². The van der Waals surface area contributed by atoms with E-state index in [1.54, 1.807) is 12.1 Å². The standard InChI is InChI=1S/C17H15F3N6OS2/c18-17(19,20)12-8-13(24-14(23-12)10-3-5-21-6-4-10)28-16-26-25-15(29-16)22-9-11-2-1-7-27-11/h3-6,8,11H,1-2,7,9H2,(H,22,25). The van der Waals surface area contributed by atoms with Crippen LogP contribution < -0.4 is 5.32 Å². The summed E-state index contributed by atoms with van der Waals surface area (Å²) >= 11 is 2.26. The number of alkyl halides is 3. The minimum Gasteiger partial charge on any atom is -0.376 e. The summed E-state index contributed by atoms with van der Waals surface area (Å²) in [4.78, 5) is 11.8. The van der Waals surface area contributed by atoms with Gasteiger partial charge >= 0.3 is 6.18 Å². The molecule has 29 heavy (non-hydrogen) atoms. The van der Waals surface area contributed by atoms with E-state index in [-0.39, 0.29) is 17.0 Å². The van der Waals surface area contributed by atoms with Gasteiger partial charge in [-0.05, 0) is 36.7 Å². The SMILES string of the molecule is FC(F)(F)c1cc(Sc2nnc(NCC3CCCO3)s2)nc(-c2ccncc2)n1. The highest BCUT2D eigenvalue weighted by atomic mass is 32.2. The van der Waals surface area contributed by atoms with Crippen LogP contribution in [0.5, 0.6) is 0 Å². The van der Waals surface area contributed by atoms with Crippen LogP contribution in [0.1, 0.15) is 18.5 Å². The summed E-state index contributed by atoms with van der Waals surface area (Å²) in [5.41, 5.74) is -0.563. The van der Waals surface area contributed by atoms with Crippen molar-refractivity contribution in [2.45, 2.75) is 34.5 Å². The summed E-state index contributed by atoms with van der Waals surface area (Å²) < 4.78 is 45.9. The zero-order valence-corrected chi connectivity index (χ0v) is 16.5. The quantitative estimate of drug-likeness (QED) is 0.572. The van der Waals surface area contributed by atoms with Crippen LogP contribution in [0.4, 0.5) is 18.3 Å². The first-order chi connectivity index (χ1) is 14.0. The number of aromatic nitrogens is 5. The number of halogens is 3. The average molecular weight is 440 g/mol. The number of nitrogens with one attached hydrogen (secondary N) is 1. The molecule has 1 aliphatic rings. The molecular weight excluding hydrogens is 425 g/mol. The Balaban J connectivity index is 1.53. The number of nitrogens with zero attached hydrogens (tertiary/aromatic N) is 5. The number of anilines is 1. The van der Waals surface area contributed by atoms with Gasteiger partial charge in [-0.3, -0.25) is 4.98 Å². The molecule has 1 aliphatic heterocycles. The van der Waals surface area contributed by atoms with Gasteiger partial charge in [0.05, 0.1) is 6.10 Å². The van der Waals surface area contributed by atoms with Gasteiger partial charge < -0.3 is 10.1 Å². The van der Waals surface area contributed by atoms with Crippen molar-refractivity contribution in [3.8, 4) is 11.4 Å². The highest BCUT2D eigenvalue weighted by molar-refractivity contribution is 8.01. The third-order valence-corrected chi connectivity index (χ3v) is 5.89. The van der Waals surface area contributed by atoms with E-state index in [9.17, 15) is 13.2 Å². The molecule has 0 spiro atoms. The third kappa shape index (κ3) is 5.19. The fraction of sp³-hybridized carbons (Fsp3) is 0.353. The van der Waals surface area contributed by atoms with E-state index in [1.165, 1.54) is 23.7 Å². The molecule has 3 aromatic heterocycles. The Morgan fingerprint density at radius 3 is 2.76 bits per heavy atom. The smallest absolute Gasteiger partial charge is 0.376 e. The lowest BCUT2D eigenvalue weighted by atomic mass is 10.2. The van der Waals surface area contributed by atoms with Crippen molar-refractivity contribution in [2.75, 3.05) is 18.5 Å². The van der Waals surface area contributed by atoms with Gasteiger partial charge in [0.25, 0.3) is 0 Å². The Bertz CT molecular complexity index is 963. The minimum atomic E-state index is -4.59. The Morgan fingerprint density at radius 2 is 2.03 bits per heavy atom. The summed E-state index contributed by atoms with van der Waals surface area (Å²) in [6.07, 6.45) is 0.541. The van der Waals surface area contributed by atoms with Crippen molar-refractivity contribution >= 4 is 28.2 Å². The van der Waals surface area contributed by atoms with Crippen LogP contribution in [-0.2, 0) is 10.9 Å². The fourth-order valence-corrected chi connectivity index (χ4v) is 4.38. The summed E-state index contributed by atoms with van der Waals surface area (Å²) in [7, 11) is 0. The van der Waals surface area contributed by atoms with Crippen LogP contribution >= 0.6 is 23.1 Å². The molecule has 4 heterocycles. The molecule has 12 heteroatoms. The first-order valence-electron chi connectivity index (χ1n) is 8.71. The average Bonchev–Trinajstić information content (AvgIpc) is 3.38. The van der Waals surface area contributed by atoms with E-state index in [2.05, 4.69) is 30.5 Å². The monoisotopic (exact) mass is 440 g/mol. The van der Waals surface area contributed by atoms with Crippen molar-refractivity contribution in [3.05, 3.63) is 36.3 Å². The molecule has 0 amide bonds. The van der Waals surface area contributed by atoms with Crippen LogP contribution in [0.2, 0.25) is 0 Å². The van der Waals surface area contributed by atoms with E-state index < -0.39 is 11.9 Å². The Labute approximate surface area is 172 Å². The molecule has 0 saturated carbocycles. The molecule has 4 rings (SSSR count). The van der Waals surface area contributed by atoms with Gasteiger partial charge in [-0.25, -0.2) is 9.97 Å². The van der Waals surface area contributed by atoms with Crippen LogP contribution in [-0.4, -0.2) is 44.4 Å². The Morgan fingerprint density at radius 1 is 1.21 bits per heavy atom. The van der Waals surface area contributed by atoms with Crippen molar-refractivity contribution in [3.63, 3.8) is 0 Å². The molecule has 1 atom stereocenters. The molecule has 1 fully saturated rings. The van der Waals surface area contributed by atoms with Gasteiger partial charge in [0.1, 0.15) is 10.7 Å². The molecule has 0 radical (unpaired) electrons. The second kappa shape index (κ2) is 8.59. The zero-order valence-electron chi connectivity index (χ0n) is 14.9. The first kappa shape index (κ1) is 20.0. The number of pyridine rings is 1. The fourth-order valence-electron chi connectivity index (χ4n) is 2.67. The molecule has 7 nitrogen and oxygen atoms in total. The van der Waals surface area contributed by atoms with Crippen LogP contribution in [0.15, 0.2) is 40.0 Å². The zero-order chi connectivity index (χ0) is 20.3. The number of hydrogen-bond acceptors (Lipinski definition) is 9. The number of ether oxygens (including phenoxy) is 1. The molecule has 0 bridgehead atoms. The van der Waals surface area contributed by atoms with Gasteiger partial charge in [-0.2, -0.15) is 13.2 Å². The summed E-state index contributed by atoms with van der Waals surface area (Å²) in [6, 6.07) is 4.03. The van der Waals surface area contributed by atoms with Crippen LogP contribution in [0.25, 0.3) is 11.4 Å². The molecular formula is C17H15F3N6OS2. The van der Waals surface area contributed by atoms with Crippen molar-refractivity contribution in [1.29, 1.82) is 0 Å². The Kier molecular flexibility index (Phi) is 5.92. The van der Waals surface area contributed by atoms with Crippen molar-refractivity contribution in [2.24, 2.45) is 0 Å². The number of hydrogen-bond donors (Lipinski definition) is 1. The number of rotatable bonds is 6. The summed E-state index contributed by atoms with van der Waals surface area (Å²) in [5, 5.41) is 11.9. The largest absolute Gasteiger partial charge is 0.433 e. The van der Waals surface area contributed by atoms with Crippen molar-refractivity contribution < 1.29 is 17.9 Å². The predicted octanol–water partition coefficient (Wildman–Crippen LogP) is 4.15. The maximum atomic E-state index is 13.3. The molecule has 1 saturated heterocycles. The maximum absolute atomic E-state index is 13.3. The predicted molar refractivity (Wildman–Crippen MR) is 102 cm³/mol. The highest BCUT2D eigenvalue weighted by Gasteiger charge is 2.34. The molecule has 0 aromatic carbocycles. The second-order valence-corrected chi connectivity index (χ2v) is 8.38. The lowest BCUT2D eigenvalue weighted by Gasteiger charge is -2.09. The van der Waals surface area contributed by atoms with Crippen LogP contribution in [0.3, 0.4) is 0 Å². The van der Waals surface area contributed by atoms with Crippen LogP contribution in [0, 0.1) is 0 Å². The lowest BCUT2D eigenvalue weighted by Crippen LogP contribution is -2.18. The van der Waals surface area contributed by atoms with Gasteiger partial charge in [0.2, 0.25) is 5.13 Å². The van der Waals surface area contributed by atoms with E-state index in [0.29, 0.717) is 21.6 Å². The van der Waals surface area contributed by atoms with E-state index in [0.717, 1.165) is 37.3 Å². The van der Waals surface area contributed by atoms with Gasteiger partial charge in [-0.15, -0.1) is 10.2 Å². The molecule has 0 aliphatic carbocycles. The Hall–Kier alpha value is -2.31. The molecule has 152 valence electrons. The molecule has 3 aromatic rings. The lowest BCUT2D eigenvalue weighted by molar-refractivity contribution is -0.141. The maximum Gasteiger partial charge on any atom is 0.433 e. The van der Waals surface area contributed by atoms with Gasteiger partial charge in [-0.1, -0.05) is 11.3 Å². The normalized spacial score (nSPS) is 16.9. The van der Waals surface area contributed by atoms with E-state index in [1.807, 2.05) is 0 Å². The van der Waals surface area contributed by atoms with E-state index >= 15 is 0 Å². The second-order valence-electron chi connectivity index (χ2n) is 6.14. The molecule has 1 N–H and O–H groups in total. The first-order valence-corrected chi connectivity index (χ1v) is 10.3. The minimum absolute atomic E-state index is 0.0222. The topological polar surface area (TPSA) is 85.7 Å². The van der Waals surface area contributed by atoms with Gasteiger partial charge in [0.15, 0.2) is 10.2 Å². The third-order valence-electron chi connectivity index (χ3n) is 4.03. The van der Waals surface area contributed by atoms with E-state index in [4.69, 9.17) is 4.74 Å².